The Morgan fingerprint density at radius 2 is 2.14 bits per heavy atom. The summed E-state index contributed by atoms with van der Waals surface area (Å²) in [6, 6.07) is 4.30. The third-order valence-electron chi connectivity index (χ3n) is 3.62. The highest BCUT2D eigenvalue weighted by molar-refractivity contribution is 5.41. The van der Waals surface area contributed by atoms with E-state index in [0.717, 1.165) is 0 Å². The lowest BCUT2D eigenvalue weighted by molar-refractivity contribution is 0.580. The zero-order chi connectivity index (χ0) is 9.60. The van der Waals surface area contributed by atoms with E-state index < -0.39 is 0 Å². The second kappa shape index (κ2) is 2.72. The van der Waals surface area contributed by atoms with Crippen LogP contribution in [0.1, 0.15) is 24.8 Å². The summed E-state index contributed by atoms with van der Waals surface area (Å²) in [6.07, 6.45) is 6.22. The summed E-state index contributed by atoms with van der Waals surface area (Å²) in [6.45, 7) is 4.53. The second-order valence-electron chi connectivity index (χ2n) is 4.87. The highest BCUT2D eigenvalue weighted by Crippen LogP contribution is 2.53. The van der Waals surface area contributed by atoms with Gasteiger partial charge in [0.15, 0.2) is 0 Å². The predicted molar refractivity (Wildman–Crippen MR) is 57.5 cm³/mol. The number of hydrogen-bond acceptors (Lipinski definition) is 2. The van der Waals surface area contributed by atoms with Crippen LogP contribution >= 0.6 is 0 Å². The summed E-state index contributed by atoms with van der Waals surface area (Å²) in [5.74, 6) is 1.17. The molecule has 0 amide bonds. The summed E-state index contributed by atoms with van der Waals surface area (Å²) in [7, 11) is 0. The summed E-state index contributed by atoms with van der Waals surface area (Å²) in [5, 5.41) is 0. The Hall–Kier alpha value is -1.05. The van der Waals surface area contributed by atoms with E-state index >= 15 is 0 Å². The molecule has 1 spiro atoms. The van der Waals surface area contributed by atoms with Gasteiger partial charge in [0.2, 0.25) is 0 Å². The van der Waals surface area contributed by atoms with E-state index in [1.54, 1.807) is 0 Å². The lowest BCUT2D eigenvalue weighted by atomic mass is 10.1. The predicted octanol–water partition coefficient (Wildman–Crippen LogP) is 2.38. The van der Waals surface area contributed by atoms with Gasteiger partial charge in [-0.2, -0.15) is 0 Å². The zero-order valence-electron chi connectivity index (χ0n) is 8.66. The highest BCUT2D eigenvalue weighted by atomic mass is 15.2. The lowest BCUT2D eigenvalue weighted by Gasteiger charge is -2.17. The Kier molecular flexibility index (Phi) is 1.61. The molecule has 1 aliphatic heterocycles. The first kappa shape index (κ1) is 8.27. The Labute approximate surface area is 85.0 Å². The number of pyridine rings is 1. The molecule has 1 saturated carbocycles. The van der Waals surface area contributed by atoms with E-state index in [0.29, 0.717) is 5.41 Å². The quantitative estimate of drug-likeness (QED) is 0.672. The molecule has 0 atom stereocenters. The molecule has 0 N–H and O–H groups in total. The second-order valence-corrected chi connectivity index (χ2v) is 4.87. The smallest absolute Gasteiger partial charge is 0.128 e. The summed E-state index contributed by atoms with van der Waals surface area (Å²) in [4.78, 5) is 6.92. The van der Waals surface area contributed by atoms with Crippen LogP contribution in [-0.2, 0) is 0 Å². The van der Waals surface area contributed by atoms with E-state index in [2.05, 4.69) is 28.9 Å². The fourth-order valence-corrected chi connectivity index (χ4v) is 2.36. The fraction of sp³-hybridized carbons (Fsp3) is 0.583. The molecule has 2 fully saturated rings. The topological polar surface area (TPSA) is 16.1 Å². The normalized spacial score (nSPS) is 23.1. The van der Waals surface area contributed by atoms with E-state index in [-0.39, 0.29) is 0 Å². The summed E-state index contributed by atoms with van der Waals surface area (Å²) >= 11 is 0. The standard InChI is InChI=1S/C12H16N2/c1-10-2-3-11(13-8-10)14-7-6-12(9-14)4-5-12/h2-3,8H,4-7,9H2,1H3. The van der Waals surface area contributed by atoms with Gasteiger partial charge in [0.1, 0.15) is 5.82 Å². The van der Waals surface area contributed by atoms with Gasteiger partial charge in [-0.05, 0) is 43.2 Å². The van der Waals surface area contributed by atoms with Crippen LogP contribution in [0.3, 0.4) is 0 Å². The van der Waals surface area contributed by atoms with Crippen molar-refractivity contribution in [2.24, 2.45) is 5.41 Å². The van der Waals surface area contributed by atoms with Gasteiger partial charge < -0.3 is 4.90 Å². The Morgan fingerprint density at radius 1 is 1.29 bits per heavy atom. The molecule has 1 aromatic rings. The van der Waals surface area contributed by atoms with Crippen LogP contribution in [0.15, 0.2) is 18.3 Å². The van der Waals surface area contributed by atoms with Gasteiger partial charge in [-0.25, -0.2) is 4.98 Å². The van der Waals surface area contributed by atoms with Crippen molar-refractivity contribution in [2.45, 2.75) is 26.2 Å². The third-order valence-corrected chi connectivity index (χ3v) is 3.62. The molecule has 2 nitrogen and oxygen atoms in total. The van der Waals surface area contributed by atoms with Gasteiger partial charge in [-0.3, -0.25) is 0 Å². The first-order valence-electron chi connectivity index (χ1n) is 5.45. The number of nitrogens with zero attached hydrogens (tertiary/aromatic N) is 2. The van der Waals surface area contributed by atoms with E-state index in [4.69, 9.17) is 0 Å². The number of aromatic nitrogens is 1. The number of anilines is 1. The van der Waals surface area contributed by atoms with Crippen LogP contribution in [0.2, 0.25) is 0 Å². The van der Waals surface area contributed by atoms with Crippen molar-refractivity contribution >= 4 is 5.82 Å². The van der Waals surface area contributed by atoms with Gasteiger partial charge in [-0.15, -0.1) is 0 Å². The summed E-state index contributed by atoms with van der Waals surface area (Å²) in [5.41, 5.74) is 1.95. The number of rotatable bonds is 1. The molecular formula is C12H16N2. The monoisotopic (exact) mass is 188 g/mol. The van der Waals surface area contributed by atoms with Crippen LogP contribution in [0, 0.1) is 12.3 Å². The summed E-state index contributed by atoms with van der Waals surface area (Å²) < 4.78 is 0. The van der Waals surface area contributed by atoms with Crippen molar-refractivity contribution in [1.29, 1.82) is 0 Å². The minimum absolute atomic E-state index is 0.701. The Balaban J connectivity index is 1.79. The third kappa shape index (κ3) is 1.29. The van der Waals surface area contributed by atoms with Crippen molar-refractivity contribution in [3.8, 4) is 0 Å². The molecule has 0 aromatic carbocycles. The van der Waals surface area contributed by atoms with Crippen LogP contribution in [-0.4, -0.2) is 18.1 Å². The molecule has 0 radical (unpaired) electrons. The minimum atomic E-state index is 0.701. The van der Waals surface area contributed by atoms with Crippen molar-refractivity contribution in [3.05, 3.63) is 23.9 Å². The van der Waals surface area contributed by atoms with Crippen LogP contribution < -0.4 is 4.90 Å². The van der Waals surface area contributed by atoms with Gasteiger partial charge in [-0.1, -0.05) is 6.07 Å². The zero-order valence-corrected chi connectivity index (χ0v) is 8.66. The molecule has 74 valence electrons. The first-order chi connectivity index (χ1) is 6.77. The maximum atomic E-state index is 4.48. The van der Waals surface area contributed by atoms with Crippen LogP contribution in [0.5, 0.6) is 0 Å². The van der Waals surface area contributed by atoms with E-state index in [1.807, 2.05) is 6.20 Å². The average molecular weight is 188 g/mol. The van der Waals surface area contributed by atoms with Gasteiger partial charge in [0, 0.05) is 19.3 Å². The molecular weight excluding hydrogens is 172 g/mol. The number of aryl methyl sites for hydroxylation is 1. The molecule has 0 unspecified atom stereocenters. The maximum Gasteiger partial charge on any atom is 0.128 e. The molecule has 2 aliphatic rings. The Bertz CT molecular complexity index is 338. The highest BCUT2D eigenvalue weighted by Gasteiger charge is 2.47. The SMILES string of the molecule is Cc1ccc(N2CCC3(CC3)C2)nc1. The molecule has 1 aliphatic carbocycles. The molecule has 1 aromatic heterocycles. The van der Waals surface area contributed by atoms with Crippen molar-refractivity contribution in [2.75, 3.05) is 18.0 Å². The average Bonchev–Trinajstić information content (AvgIpc) is 2.79. The van der Waals surface area contributed by atoms with Gasteiger partial charge in [0.05, 0.1) is 0 Å². The van der Waals surface area contributed by atoms with Crippen molar-refractivity contribution in [3.63, 3.8) is 0 Å². The van der Waals surface area contributed by atoms with Crippen LogP contribution in [0.4, 0.5) is 5.82 Å². The first-order valence-corrected chi connectivity index (χ1v) is 5.45. The van der Waals surface area contributed by atoms with Crippen molar-refractivity contribution < 1.29 is 0 Å². The molecule has 2 heteroatoms. The number of hydrogen-bond donors (Lipinski definition) is 0. The minimum Gasteiger partial charge on any atom is -0.356 e. The molecule has 1 saturated heterocycles. The molecule has 3 rings (SSSR count). The van der Waals surface area contributed by atoms with E-state index in [1.165, 1.54) is 43.7 Å². The van der Waals surface area contributed by atoms with Crippen LogP contribution in [0.25, 0.3) is 0 Å². The fourth-order valence-electron chi connectivity index (χ4n) is 2.36. The van der Waals surface area contributed by atoms with E-state index in [9.17, 15) is 0 Å². The Morgan fingerprint density at radius 3 is 2.71 bits per heavy atom. The largest absolute Gasteiger partial charge is 0.356 e. The molecule has 2 heterocycles. The molecule has 14 heavy (non-hydrogen) atoms. The molecule has 0 bridgehead atoms. The lowest BCUT2D eigenvalue weighted by Crippen LogP contribution is -2.20. The maximum absolute atomic E-state index is 4.48. The van der Waals surface area contributed by atoms with Crippen molar-refractivity contribution in [1.82, 2.24) is 4.98 Å². The van der Waals surface area contributed by atoms with Gasteiger partial charge in [0.25, 0.3) is 0 Å². The van der Waals surface area contributed by atoms with Gasteiger partial charge >= 0.3 is 0 Å².